The number of carbonyl (C=O) groups is 1. The second kappa shape index (κ2) is 4.75. The molecule has 0 aromatic heterocycles. The zero-order valence-electron chi connectivity index (χ0n) is 12.3. The summed E-state index contributed by atoms with van der Waals surface area (Å²) < 4.78 is 5.49. The van der Waals surface area contributed by atoms with E-state index in [2.05, 4.69) is 6.92 Å². The Balaban J connectivity index is 1.98. The molecule has 0 bridgehead atoms. The minimum absolute atomic E-state index is 0.120. The van der Waals surface area contributed by atoms with E-state index in [0.29, 0.717) is 11.5 Å². The Morgan fingerprint density at radius 2 is 1.89 bits per heavy atom. The minimum Gasteiger partial charge on any atom is -0.444 e. The number of hydrogen-bond donors (Lipinski definition) is 0. The van der Waals surface area contributed by atoms with Crippen LogP contribution < -0.4 is 0 Å². The van der Waals surface area contributed by atoms with Crippen LogP contribution in [0.15, 0.2) is 0 Å². The van der Waals surface area contributed by atoms with Crippen LogP contribution in [0.4, 0.5) is 4.79 Å². The van der Waals surface area contributed by atoms with Gasteiger partial charge in [-0.25, -0.2) is 4.79 Å². The van der Waals surface area contributed by atoms with Crippen molar-refractivity contribution >= 4 is 6.09 Å². The van der Waals surface area contributed by atoms with Crippen molar-refractivity contribution in [3.05, 3.63) is 0 Å². The Labute approximate surface area is 111 Å². The first-order chi connectivity index (χ1) is 8.38. The summed E-state index contributed by atoms with van der Waals surface area (Å²) in [7, 11) is 0. The lowest BCUT2D eigenvalue weighted by molar-refractivity contribution is -0.0988. The van der Waals surface area contributed by atoms with Crippen molar-refractivity contribution in [3.63, 3.8) is 0 Å². The van der Waals surface area contributed by atoms with Crippen LogP contribution in [0.1, 0.15) is 66.2 Å². The molecule has 0 N–H and O–H groups in total. The predicted molar refractivity (Wildman–Crippen MR) is 72.5 cm³/mol. The van der Waals surface area contributed by atoms with Crippen LogP contribution in [-0.4, -0.2) is 29.2 Å². The van der Waals surface area contributed by atoms with E-state index in [1.165, 1.54) is 32.1 Å². The maximum Gasteiger partial charge on any atom is 0.410 e. The molecule has 2 aliphatic rings. The van der Waals surface area contributed by atoms with Crippen molar-refractivity contribution in [3.8, 4) is 0 Å². The zero-order chi connectivity index (χ0) is 13.4. The highest BCUT2D eigenvalue weighted by Crippen LogP contribution is 2.50. The van der Waals surface area contributed by atoms with E-state index in [1.807, 2.05) is 25.7 Å². The molecule has 0 radical (unpaired) electrons. The van der Waals surface area contributed by atoms with Gasteiger partial charge in [0.15, 0.2) is 0 Å². The lowest BCUT2D eigenvalue weighted by atomic mass is 9.62. The molecule has 1 aliphatic carbocycles. The number of ether oxygens (including phenoxy) is 1. The first-order valence-electron chi connectivity index (χ1n) is 7.38. The van der Waals surface area contributed by atoms with Gasteiger partial charge in [0.2, 0.25) is 0 Å². The Morgan fingerprint density at radius 1 is 1.28 bits per heavy atom. The van der Waals surface area contributed by atoms with Crippen LogP contribution in [0.25, 0.3) is 0 Å². The van der Waals surface area contributed by atoms with Crippen LogP contribution in [0, 0.1) is 5.41 Å². The smallest absolute Gasteiger partial charge is 0.410 e. The molecule has 1 amide bonds. The summed E-state index contributed by atoms with van der Waals surface area (Å²) in [6.07, 6.45) is 7.56. The number of rotatable bonds is 1. The fraction of sp³-hybridized carbons (Fsp3) is 0.933. The number of amides is 1. The average Bonchev–Trinajstić information content (AvgIpc) is 2.25. The maximum absolute atomic E-state index is 12.1. The van der Waals surface area contributed by atoms with Gasteiger partial charge in [-0.15, -0.1) is 0 Å². The standard InChI is InChI=1S/C15H27NO2/c1-5-12-15(9-7-6-8-10-15)11-16(12)13(17)18-14(2,3)4/h12H,5-11H2,1-4H3. The Bertz CT molecular complexity index is 313. The maximum atomic E-state index is 12.1. The van der Waals surface area contributed by atoms with E-state index in [1.54, 1.807) is 0 Å². The molecule has 0 aromatic carbocycles. The van der Waals surface area contributed by atoms with Crippen molar-refractivity contribution in [1.82, 2.24) is 4.90 Å². The van der Waals surface area contributed by atoms with Crippen molar-refractivity contribution < 1.29 is 9.53 Å². The highest BCUT2D eigenvalue weighted by atomic mass is 16.6. The van der Waals surface area contributed by atoms with Crippen LogP contribution in [0.3, 0.4) is 0 Å². The van der Waals surface area contributed by atoms with E-state index >= 15 is 0 Å². The van der Waals surface area contributed by atoms with E-state index in [0.717, 1.165) is 13.0 Å². The molecule has 3 heteroatoms. The van der Waals surface area contributed by atoms with Crippen LogP contribution in [0.5, 0.6) is 0 Å². The van der Waals surface area contributed by atoms with Crippen molar-refractivity contribution in [2.45, 2.75) is 77.9 Å². The normalized spacial score (nSPS) is 26.9. The highest BCUT2D eigenvalue weighted by Gasteiger charge is 2.54. The SMILES string of the molecule is CCC1N(C(=O)OC(C)(C)C)CC12CCCCC2. The van der Waals surface area contributed by atoms with Gasteiger partial charge in [-0.2, -0.15) is 0 Å². The van der Waals surface area contributed by atoms with Crippen LogP contribution in [0.2, 0.25) is 0 Å². The quantitative estimate of drug-likeness (QED) is 0.707. The Kier molecular flexibility index (Phi) is 3.61. The minimum atomic E-state index is -0.384. The molecule has 1 aliphatic heterocycles. The van der Waals surface area contributed by atoms with Crippen molar-refractivity contribution in [2.24, 2.45) is 5.41 Å². The monoisotopic (exact) mass is 253 g/mol. The zero-order valence-corrected chi connectivity index (χ0v) is 12.3. The first-order valence-corrected chi connectivity index (χ1v) is 7.38. The molecule has 104 valence electrons. The van der Waals surface area contributed by atoms with Gasteiger partial charge in [0.05, 0.1) is 0 Å². The first kappa shape index (κ1) is 13.7. The van der Waals surface area contributed by atoms with Gasteiger partial charge in [-0.05, 0) is 40.0 Å². The van der Waals surface area contributed by atoms with Crippen molar-refractivity contribution in [1.29, 1.82) is 0 Å². The third-order valence-electron chi connectivity index (χ3n) is 4.43. The van der Waals surface area contributed by atoms with E-state index in [9.17, 15) is 4.79 Å². The second-order valence-electron chi connectivity index (χ2n) is 6.96. The molecule has 1 saturated carbocycles. The summed E-state index contributed by atoms with van der Waals surface area (Å²) >= 11 is 0. The molecule has 1 unspecified atom stereocenters. The van der Waals surface area contributed by atoms with Crippen molar-refractivity contribution in [2.75, 3.05) is 6.54 Å². The van der Waals surface area contributed by atoms with Gasteiger partial charge in [0, 0.05) is 18.0 Å². The van der Waals surface area contributed by atoms with E-state index < -0.39 is 0 Å². The third-order valence-corrected chi connectivity index (χ3v) is 4.43. The number of carbonyl (C=O) groups excluding carboxylic acids is 1. The Hall–Kier alpha value is -0.730. The topological polar surface area (TPSA) is 29.5 Å². The van der Waals surface area contributed by atoms with Gasteiger partial charge in [0.25, 0.3) is 0 Å². The molecule has 2 rings (SSSR count). The molecule has 1 saturated heterocycles. The summed E-state index contributed by atoms with van der Waals surface area (Å²) in [6, 6.07) is 0.410. The molecular weight excluding hydrogens is 226 g/mol. The second-order valence-corrected chi connectivity index (χ2v) is 6.96. The number of likely N-dealkylation sites (tertiary alicyclic amines) is 1. The van der Waals surface area contributed by atoms with Gasteiger partial charge in [-0.3, -0.25) is 0 Å². The Morgan fingerprint density at radius 3 is 2.39 bits per heavy atom. The lowest BCUT2D eigenvalue weighted by Crippen LogP contribution is -2.67. The van der Waals surface area contributed by atoms with E-state index in [-0.39, 0.29) is 11.7 Å². The molecule has 3 nitrogen and oxygen atoms in total. The number of hydrogen-bond acceptors (Lipinski definition) is 2. The molecule has 18 heavy (non-hydrogen) atoms. The summed E-state index contributed by atoms with van der Waals surface area (Å²) in [5, 5.41) is 0. The molecular formula is C15H27NO2. The number of nitrogens with zero attached hydrogens (tertiary/aromatic N) is 1. The van der Waals surface area contributed by atoms with E-state index in [4.69, 9.17) is 4.74 Å². The van der Waals surface area contributed by atoms with Gasteiger partial charge >= 0.3 is 6.09 Å². The fourth-order valence-electron chi connectivity index (χ4n) is 3.69. The third kappa shape index (κ3) is 2.50. The average molecular weight is 253 g/mol. The summed E-state index contributed by atoms with van der Waals surface area (Å²) in [4.78, 5) is 14.1. The summed E-state index contributed by atoms with van der Waals surface area (Å²) in [5.74, 6) is 0. The van der Waals surface area contributed by atoms with Crippen LogP contribution >= 0.6 is 0 Å². The highest BCUT2D eigenvalue weighted by molar-refractivity contribution is 5.70. The van der Waals surface area contributed by atoms with Crippen LogP contribution in [-0.2, 0) is 4.74 Å². The molecule has 1 heterocycles. The largest absolute Gasteiger partial charge is 0.444 e. The summed E-state index contributed by atoms with van der Waals surface area (Å²) in [5.41, 5.74) is 0.0363. The fourth-order valence-corrected chi connectivity index (χ4v) is 3.69. The molecule has 2 fully saturated rings. The van der Waals surface area contributed by atoms with Gasteiger partial charge < -0.3 is 9.64 Å². The molecule has 1 spiro atoms. The van der Waals surface area contributed by atoms with Gasteiger partial charge in [0.1, 0.15) is 5.60 Å². The lowest BCUT2D eigenvalue weighted by Gasteiger charge is -2.59. The predicted octanol–water partition coefficient (Wildman–Crippen LogP) is 3.97. The molecule has 0 aromatic rings. The summed E-state index contributed by atoms with van der Waals surface area (Å²) in [6.45, 7) is 8.91. The van der Waals surface area contributed by atoms with Gasteiger partial charge in [-0.1, -0.05) is 26.2 Å². The molecule has 1 atom stereocenters.